The van der Waals surface area contributed by atoms with Gasteiger partial charge in [0.15, 0.2) is 0 Å². The minimum absolute atomic E-state index is 0.0160. The summed E-state index contributed by atoms with van der Waals surface area (Å²) in [4.78, 5) is 38.2. The Hall–Kier alpha value is -1.89. The fourth-order valence-electron chi connectivity index (χ4n) is 5.40. The normalized spacial score (nSPS) is 26.2. The van der Waals surface area contributed by atoms with Crippen molar-refractivity contribution in [3.05, 3.63) is 12.2 Å². The van der Waals surface area contributed by atoms with E-state index in [0.29, 0.717) is 12.8 Å². The van der Waals surface area contributed by atoms with Crippen molar-refractivity contribution in [2.45, 2.75) is 134 Å². The molecule has 2 saturated heterocycles. The first-order valence-corrected chi connectivity index (χ1v) is 14.3. The zero-order valence-electron chi connectivity index (χ0n) is 22.8. The van der Waals surface area contributed by atoms with Gasteiger partial charge in [0.1, 0.15) is 23.7 Å². The van der Waals surface area contributed by atoms with Gasteiger partial charge in [0.25, 0.3) is 0 Å². The summed E-state index contributed by atoms with van der Waals surface area (Å²) in [7, 11) is 1.28. The molecule has 2 aliphatic heterocycles. The topological polar surface area (TPSA) is 93.1 Å². The predicted molar refractivity (Wildman–Crippen MR) is 140 cm³/mol. The Bertz CT molecular complexity index is 723. The van der Waals surface area contributed by atoms with Gasteiger partial charge in [-0.25, -0.2) is 4.79 Å². The highest BCUT2D eigenvalue weighted by Crippen LogP contribution is 2.37. The van der Waals surface area contributed by atoms with E-state index in [2.05, 4.69) is 19.1 Å². The Balaban J connectivity index is 1.61. The number of allylic oxidation sites excluding steroid dienone is 2. The number of amides is 1. The number of aliphatic hydroxyl groups excluding tert-OH is 1. The molecule has 4 atom stereocenters. The van der Waals surface area contributed by atoms with Crippen LogP contribution in [0.4, 0.5) is 0 Å². The summed E-state index contributed by atoms with van der Waals surface area (Å²) < 4.78 is 10.4. The molecule has 36 heavy (non-hydrogen) atoms. The maximum absolute atomic E-state index is 12.6. The highest BCUT2D eigenvalue weighted by Gasteiger charge is 2.53. The van der Waals surface area contributed by atoms with Crippen LogP contribution < -0.4 is 0 Å². The highest BCUT2D eigenvalue weighted by atomic mass is 16.6. The fraction of sp³-hybridized carbons (Fsp3) is 0.828. The van der Waals surface area contributed by atoms with Gasteiger partial charge in [-0.1, -0.05) is 70.4 Å². The smallest absolute Gasteiger partial charge is 0.328 e. The molecule has 2 heterocycles. The average Bonchev–Trinajstić information content (AvgIpc) is 3.33. The van der Waals surface area contributed by atoms with Crippen LogP contribution in [-0.4, -0.2) is 59.3 Å². The monoisotopic (exact) mass is 507 g/mol. The van der Waals surface area contributed by atoms with Crippen molar-refractivity contribution in [2.24, 2.45) is 5.92 Å². The van der Waals surface area contributed by atoms with Crippen LogP contribution >= 0.6 is 0 Å². The number of ether oxygens (including phenoxy) is 2. The Morgan fingerprint density at radius 2 is 1.61 bits per heavy atom. The van der Waals surface area contributed by atoms with Gasteiger partial charge >= 0.3 is 11.9 Å². The maximum atomic E-state index is 12.6. The molecule has 0 bridgehead atoms. The number of likely N-dealkylation sites (tertiary alicyclic amines) is 1. The van der Waals surface area contributed by atoms with Crippen molar-refractivity contribution in [3.63, 3.8) is 0 Å². The Morgan fingerprint density at radius 3 is 2.22 bits per heavy atom. The molecule has 7 heteroatoms. The number of carbonyl (C=O) groups is 3. The molecule has 1 N–H and O–H groups in total. The molecule has 1 amide bonds. The third kappa shape index (κ3) is 9.20. The van der Waals surface area contributed by atoms with E-state index in [1.807, 2.05) is 0 Å². The first-order chi connectivity index (χ1) is 17.3. The number of methoxy groups -OCH3 is 1. The molecule has 2 rings (SSSR count). The number of unbranched alkanes of at least 4 members (excludes halogenated alkanes) is 11. The van der Waals surface area contributed by atoms with Crippen LogP contribution in [0, 0.1) is 5.92 Å². The van der Waals surface area contributed by atoms with Crippen molar-refractivity contribution >= 4 is 17.8 Å². The van der Waals surface area contributed by atoms with E-state index in [1.54, 1.807) is 6.92 Å². The summed E-state index contributed by atoms with van der Waals surface area (Å²) >= 11 is 0. The number of aliphatic hydroxyl groups is 1. The largest absolute Gasteiger partial charge is 0.467 e. The Kier molecular flexibility index (Phi) is 13.5. The third-order valence-corrected chi connectivity index (χ3v) is 7.77. The molecule has 1 unspecified atom stereocenters. The lowest BCUT2D eigenvalue weighted by atomic mass is 9.87. The number of nitrogens with zero attached hydrogens (tertiary/aromatic N) is 1. The van der Waals surface area contributed by atoms with Gasteiger partial charge in [-0.05, 0) is 51.9 Å². The second-order valence-electron chi connectivity index (χ2n) is 10.7. The van der Waals surface area contributed by atoms with Gasteiger partial charge in [0, 0.05) is 13.0 Å². The lowest BCUT2D eigenvalue weighted by molar-refractivity contribution is -0.153. The predicted octanol–water partition coefficient (Wildman–Crippen LogP) is 5.48. The standard InChI is InChI=1S/C29H49NO6/c1-4-5-6-7-8-9-10-11-12-13-14-15-16-17-18-21-29(2)26(32)23(27(33)36-29)22-30-24(28(34)35-3)19-20-25(30)31/h13-14,23-24,26,32H,4-12,15-22H2,1-3H3/b14-13+/t23-,24?,26-,29+/m0/s1. The SMILES string of the molecule is CCCCCCCCCC/C=C/CCCCC[C@@]1(C)OC(=O)[C@@H](CN2C(=O)CCC2C(=O)OC)[C@@H]1O. The first-order valence-electron chi connectivity index (χ1n) is 14.3. The van der Waals surface area contributed by atoms with Crippen LogP contribution in [0.5, 0.6) is 0 Å². The number of hydrogen-bond donors (Lipinski definition) is 1. The van der Waals surface area contributed by atoms with E-state index in [1.165, 1.54) is 63.4 Å². The fourth-order valence-corrected chi connectivity index (χ4v) is 5.40. The summed E-state index contributed by atoms with van der Waals surface area (Å²) in [6.45, 7) is 4.00. The van der Waals surface area contributed by atoms with E-state index < -0.39 is 35.6 Å². The Labute approximate surface area is 218 Å². The molecule has 2 fully saturated rings. The highest BCUT2D eigenvalue weighted by molar-refractivity contribution is 5.88. The molecule has 0 aromatic rings. The summed E-state index contributed by atoms with van der Waals surface area (Å²) in [6, 6.07) is -0.696. The van der Waals surface area contributed by atoms with Gasteiger partial charge in [0.2, 0.25) is 5.91 Å². The van der Waals surface area contributed by atoms with Gasteiger partial charge in [0.05, 0.1) is 7.11 Å². The van der Waals surface area contributed by atoms with Crippen LogP contribution in [0.2, 0.25) is 0 Å². The van der Waals surface area contributed by atoms with E-state index >= 15 is 0 Å². The number of rotatable bonds is 18. The number of cyclic esters (lactones) is 1. The van der Waals surface area contributed by atoms with Gasteiger partial charge in [-0.15, -0.1) is 0 Å². The summed E-state index contributed by atoms with van der Waals surface area (Å²) in [5.74, 6) is -2.04. The zero-order valence-corrected chi connectivity index (χ0v) is 22.8. The third-order valence-electron chi connectivity index (χ3n) is 7.77. The average molecular weight is 508 g/mol. The van der Waals surface area contributed by atoms with Crippen LogP contribution in [-0.2, 0) is 23.9 Å². The van der Waals surface area contributed by atoms with Crippen LogP contribution in [0.25, 0.3) is 0 Å². The van der Waals surface area contributed by atoms with E-state index in [4.69, 9.17) is 9.47 Å². The first kappa shape index (κ1) is 30.3. The lowest BCUT2D eigenvalue weighted by Crippen LogP contribution is -2.47. The van der Waals surface area contributed by atoms with Gasteiger partial charge in [-0.2, -0.15) is 0 Å². The number of carbonyl (C=O) groups excluding carboxylic acids is 3. The second-order valence-corrected chi connectivity index (χ2v) is 10.7. The quantitative estimate of drug-likeness (QED) is 0.150. The lowest BCUT2D eigenvalue weighted by Gasteiger charge is -2.29. The summed E-state index contributed by atoms with van der Waals surface area (Å²) in [5.41, 5.74) is -0.961. The number of hydrogen-bond acceptors (Lipinski definition) is 6. The summed E-state index contributed by atoms with van der Waals surface area (Å²) in [5, 5.41) is 10.9. The van der Waals surface area contributed by atoms with Crippen LogP contribution in [0.3, 0.4) is 0 Å². The van der Waals surface area contributed by atoms with Crippen LogP contribution in [0.1, 0.15) is 117 Å². The van der Waals surface area contributed by atoms with Crippen molar-refractivity contribution in [2.75, 3.05) is 13.7 Å². The maximum Gasteiger partial charge on any atom is 0.328 e. The van der Waals surface area contributed by atoms with Crippen molar-refractivity contribution in [1.29, 1.82) is 0 Å². The van der Waals surface area contributed by atoms with Crippen molar-refractivity contribution in [3.8, 4) is 0 Å². The summed E-state index contributed by atoms with van der Waals surface area (Å²) in [6.07, 6.45) is 20.6. The van der Waals surface area contributed by atoms with E-state index in [0.717, 1.165) is 32.1 Å². The minimum atomic E-state index is -1.01. The van der Waals surface area contributed by atoms with Crippen molar-refractivity contribution in [1.82, 2.24) is 4.90 Å². The van der Waals surface area contributed by atoms with Crippen LogP contribution in [0.15, 0.2) is 12.2 Å². The molecule has 2 aliphatic rings. The number of esters is 2. The molecule has 0 aromatic carbocycles. The van der Waals surface area contributed by atoms with Gasteiger partial charge in [-0.3, -0.25) is 9.59 Å². The minimum Gasteiger partial charge on any atom is -0.467 e. The molecule has 0 spiro atoms. The second kappa shape index (κ2) is 16.1. The van der Waals surface area contributed by atoms with E-state index in [-0.39, 0.29) is 18.9 Å². The molecule has 0 aromatic heterocycles. The molecular formula is C29H49NO6. The molecule has 206 valence electrons. The molecule has 7 nitrogen and oxygen atoms in total. The van der Waals surface area contributed by atoms with Crippen molar-refractivity contribution < 1.29 is 29.0 Å². The molecule has 0 saturated carbocycles. The van der Waals surface area contributed by atoms with E-state index in [9.17, 15) is 19.5 Å². The van der Waals surface area contributed by atoms with Gasteiger partial charge < -0.3 is 19.5 Å². The molecule has 0 radical (unpaired) electrons. The Morgan fingerprint density at radius 1 is 1.03 bits per heavy atom. The molecular weight excluding hydrogens is 458 g/mol. The molecule has 0 aliphatic carbocycles. The zero-order chi connectivity index (χ0) is 26.4.